The highest BCUT2D eigenvalue weighted by Gasteiger charge is 2.32. The van der Waals surface area contributed by atoms with Crippen molar-refractivity contribution < 1.29 is 9.90 Å². The van der Waals surface area contributed by atoms with Gasteiger partial charge in [-0.15, -0.1) is 0 Å². The minimum atomic E-state index is -0.354. The topological polar surface area (TPSA) is 52.6 Å². The van der Waals surface area contributed by atoms with Gasteiger partial charge in [0.25, 0.3) is 0 Å². The van der Waals surface area contributed by atoms with Gasteiger partial charge >= 0.3 is 0 Å². The van der Waals surface area contributed by atoms with Gasteiger partial charge in [0.2, 0.25) is 5.91 Å². The number of hydrogen-bond donors (Lipinski definition) is 2. The maximum absolute atomic E-state index is 12.1. The monoisotopic (exact) mass is 270 g/mol. The van der Waals surface area contributed by atoms with E-state index in [0.717, 1.165) is 32.5 Å². The molecule has 0 bridgehead atoms. The predicted octanol–water partition coefficient (Wildman–Crippen LogP) is 1.63. The van der Waals surface area contributed by atoms with Crippen molar-refractivity contribution in [2.75, 3.05) is 19.6 Å². The molecule has 0 aromatic heterocycles. The van der Waals surface area contributed by atoms with E-state index in [-0.39, 0.29) is 29.4 Å². The van der Waals surface area contributed by atoms with Crippen LogP contribution >= 0.6 is 0 Å². The lowest BCUT2D eigenvalue weighted by molar-refractivity contribution is -0.130. The van der Waals surface area contributed by atoms with Crippen LogP contribution in [0.1, 0.15) is 47.5 Å². The molecule has 1 rings (SSSR count). The molecular weight excluding hydrogens is 240 g/mol. The Balaban J connectivity index is 2.63. The summed E-state index contributed by atoms with van der Waals surface area (Å²) >= 11 is 0. The van der Waals surface area contributed by atoms with Crippen molar-refractivity contribution in [3.05, 3.63) is 0 Å². The zero-order valence-corrected chi connectivity index (χ0v) is 13.1. The molecule has 0 saturated carbocycles. The molecule has 0 radical (unpaired) electrons. The summed E-state index contributed by atoms with van der Waals surface area (Å²) in [6.07, 6.45) is 1.67. The van der Waals surface area contributed by atoms with E-state index >= 15 is 0 Å². The van der Waals surface area contributed by atoms with Crippen LogP contribution in [0.15, 0.2) is 0 Å². The Labute approximate surface area is 117 Å². The zero-order chi connectivity index (χ0) is 14.6. The molecule has 4 heteroatoms. The Morgan fingerprint density at radius 1 is 1.42 bits per heavy atom. The van der Waals surface area contributed by atoms with Crippen molar-refractivity contribution >= 4 is 5.91 Å². The molecule has 19 heavy (non-hydrogen) atoms. The van der Waals surface area contributed by atoms with Crippen LogP contribution in [-0.4, -0.2) is 47.7 Å². The van der Waals surface area contributed by atoms with Gasteiger partial charge in [-0.05, 0) is 32.2 Å². The Kier molecular flexibility index (Phi) is 5.81. The van der Waals surface area contributed by atoms with E-state index in [9.17, 15) is 9.90 Å². The first kappa shape index (κ1) is 16.4. The van der Waals surface area contributed by atoms with E-state index in [1.807, 2.05) is 27.7 Å². The molecule has 3 atom stereocenters. The molecule has 1 amide bonds. The van der Waals surface area contributed by atoms with Gasteiger partial charge in [0, 0.05) is 24.5 Å². The number of likely N-dealkylation sites (tertiary alicyclic amines) is 1. The number of carbonyl (C=O) groups is 1. The lowest BCUT2D eigenvalue weighted by Gasteiger charge is -2.40. The molecule has 1 saturated heterocycles. The van der Waals surface area contributed by atoms with Crippen LogP contribution in [0.25, 0.3) is 0 Å². The van der Waals surface area contributed by atoms with Crippen LogP contribution in [0, 0.1) is 11.3 Å². The Hall–Kier alpha value is -0.610. The number of amides is 1. The van der Waals surface area contributed by atoms with Crippen molar-refractivity contribution in [3.63, 3.8) is 0 Å². The fourth-order valence-electron chi connectivity index (χ4n) is 2.59. The molecule has 1 heterocycles. The van der Waals surface area contributed by atoms with E-state index < -0.39 is 0 Å². The van der Waals surface area contributed by atoms with Gasteiger partial charge in [0.1, 0.15) is 0 Å². The molecule has 3 unspecified atom stereocenters. The number of hydrogen-bond acceptors (Lipinski definition) is 3. The maximum atomic E-state index is 12.1. The first-order valence-corrected chi connectivity index (χ1v) is 7.45. The number of rotatable bonds is 4. The minimum Gasteiger partial charge on any atom is -0.393 e. The van der Waals surface area contributed by atoms with Gasteiger partial charge in [0.05, 0.1) is 6.10 Å². The Morgan fingerprint density at radius 3 is 2.53 bits per heavy atom. The van der Waals surface area contributed by atoms with Crippen molar-refractivity contribution in [2.24, 2.45) is 11.3 Å². The molecule has 2 N–H and O–H groups in total. The van der Waals surface area contributed by atoms with Gasteiger partial charge in [0.15, 0.2) is 0 Å². The standard InChI is InChI=1S/C15H30N2O2/c1-6-7-17-9-12(11(2)18)8-13(10-17)16-14(19)15(3,4)5/h11-13,18H,6-10H2,1-5H3,(H,16,19). The second-order valence-electron chi connectivity index (χ2n) is 6.92. The van der Waals surface area contributed by atoms with Gasteiger partial charge in [-0.1, -0.05) is 27.7 Å². The third kappa shape index (κ3) is 5.11. The van der Waals surface area contributed by atoms with Crippen LogP contribution in [0.3, 0.4) is 0 Å². The van der Waals surface area contributed by atoms with Gasteiger partial charge in [-0.25, -0.2) is 0 Å². The number of piperidine rings is 1. The largest absolute Gasteiger partial charge is 0.393 e. The lowest BCUT2D eigenvalue weighted by atomic mass is 9.88. The highest BCUT2D eigenvalue weighted by Crippen LogP contribution is 2.22. The van der Waals surface area contributed by atoms with Crippen LogP contribution in [-0.2, 0) is 4.79 Å². The SMILES string of the molecule is CCCN1CC(NC(=O)C(C)(C)C)CC(C(C)O)C1. The normalized spacial score (nSPS) is 27.1. The highest BCUT2D eigenvalue weighted by atomic mass is 16.3. The summed E-state index contributed by atoms with van der Waals surface area (Å²) in [5.74, 6) is 0.353. The number of aliphatic hydroxyl groups excluding tert-OH is 1. The molecule has 0 aromatic carbocycles. The summed E-state index contributed by atoms with van der Waals surface area (Å²) in [4.78, 5) is 14.4. The zero-order valence-electron chi connectivity index (χ0n) is 13.1. The molecule has 112 valence electrons. The van der Waals surface area contributed by atoms with Crippen LogP contribution in [0.2, 0.25) is 0 Å². The summed E-state index contributed by atoms with van der Waals surface area (Å²) in [6, 6.07) is 0.159. The van der Waals surface area contributed by atoms with Gasteiger partial charge in [-0.3, -0.25) is 4.79 Å². The minimum absolute atomic E-state index is 0.0974. The average molecular weight is 270 g/mol. The van der Waals surface area contributed by atoms with Gasteiger partial charge in [-0.2, -0.15) is 0 Å². The van der Waals surface area contributed by atoms with E-state index in [1.165, 1.54) is 0 Å². The molecule has 0 aliphatic carbocycles. The molecule has 1 aliphatic rings. The quantitative estimate of drug-likeness (QED) is 0.816. The maximum Gasteiger partial charge on any atom is 0.225 e. The highest BCUT2D eigenvalue weighted by molar-refractivity contribution is 5.81. The van der Waals surface area contributed by atoms with Crippen molar-refractivity contribution in [2.45, 2.75) is 59.6 Å². The molecule has 0 spiro atoms. The summed E-state index contributed by atoms with van der Waals surface area (Å²) < 4.78 is 0. The number of aliphatic hydroxyl groups is 1. The van der Waals surface area contributed by atoms with Crippen LogP contribution in [0.4, 0.5) is 0 Å². The fourth-order valence-corrected chi connectivity index (χ4v) is 2.59. The third-order valence-electron chi connectivity index (χ3n) is 3.80. The molecule has 0 aromatic rings. The van der Waals surface area contributed by atoms with Crippen molar-refractivity contribution in [3.8, 4) is 0 Å². The molecule has 1 aliphatic heterocycles. The summed E-state index contributed by atoms with van der Waals surface area (Å²) in [5.41, 5.74) is -0.354. The first-order chi connectivity index (χ1) is 8.74. The number of nitrogens with one attached hydrogen (secondary N) is 1. The van der Waals surface area contributed by atoms with Crippen molar-refractivity contribution in [1.29, 1.82) is 0 Å². The molecule has 4 nitrogen and oxygen atoms in total. The summed E-state index contributed by atoms with van der Waals surface area (Å²) in [5, 5.41) is 13.0. The second kappa shape index (κ2) is 6.71. The number of carbonyl (C=O) groups excluding carboxylic acids is 1. The smallest absolute Gasteiger partial charge is 0.225 e. The number of nitrogens with zero attached hydrogens (tertiary/aromatic N) is 1. The Morgan fingerprint density at radius 2 is 2.05 bits per heavy atom. The first-order valence-electron chi connectivity index (χ1n) is 7.45. The fraction of sp³-hybridized carbons (Fsp3) is 0.933. The van der Waals surface area contributed by atoms with Crippen LogP contribution in [0.5, 0.6) is 0 Å². The van der Waals surface area contributed by atoms with Gasteiger partial charge < -0.3 is 15.3 Å². The van der Waals surface area contributed by atoms with E-state index in [4.69, 9.17) is 0 Å². The van der Waals surface area contributed by atoms with Crippen LogP contribution < -0.4 is 5.32 Å². The predicted molar refractivity (Wildman–Crippen MR) is 77.9 cm³/mol. The Bertz CT molecular complexity index is 297. The summed E-state index contributed by atoms with van der Waals surface area (Å²) in [6.45, 7) is 12.7. The third-order valence-corrected chi connectivity index (χ3v) is 3.80. The second-order valence-corrected chi connectivity index (χ2v) is 6.92. The van der Waals surface area contributed by atoms with E-state index in [0.29, 0.717) is 0 Å². The average Bonchev–Trinajstić information content (AvgIpc) is 2.27. The van der Waals surface area contributed by atoms with E-state index in [2.05, 4.69) is 17.1 Å². The lowest BCUT2D eigenvalue weighted by Crippen LogP contribution is -2.54. The van der Waals surface area contributed by atoms with Crippen molar-refractivity contribution in [1.82, 2.24) is 10.2 Å². The van der Waals surface area contributed by atoms with E-state index in [1.54, 1.807) is 0 Å². The summed E-state index contributed by atoms with van der Waals surface area (Å²) in [7, 11) is 0. The molecule has 1 fully saturated rings. The molecular formula is C15H30N2O2.